The highest BCUT2D eigenvalue weighted by Crippen LogP contribution is 2.56. The molecule has 4 aliphatic heterocycles. The lowest BCUT2D eigenvalue weighted by molar-refractivity contribution is -0.187. The topological polar surface area (TPSA) is 55.4 Å². The van der Waals surface area contributed by atoms with Gasteiger partial charge >= 0.3 is 0 Å². The van der Waals surface area contributed by atoms with Crippen LogP contribution in [-0.4, -0.2) is 64.4 Å². The highest BCUT2D eigenvalue weighted by atomic mass is 19.2. The largest absolute Gasteiger partial charge is 0.378 e. The van der Waals surface area contributed by atoms with Crippen LogP contribution in [0.1, 0.15) is 230 Å². The number of benzene rings is 5. The number of aryl methyl sites for hydroxylation is 9. The van der Waals surface area contributed by atoms with Gasteiger partial charge in [-0.15, -0.1) is 0 Å². The molecular formula is C84H132F6O6. The monoisotopic (exact) mass is 1350 g/mol. The number of halogens is 6. The molecule has 0 N–H and O–H groups in total. The van der Waals surface area contributed by atoms with Crippen LogP contribution in [0.2, 0.25) is 0 Å². The molecule has 4 heterocycles. The summed E-state index contributed by atoms with van der Waals surface area (Å²) in [6, 6.07) is 24.7. The maximum Gasteiger partial charge on any atom is 0.161 e. The number of hydrogen-bond acceptors (Lipinski definition) is 6. The number of hydrogen-bond donors (Lipinski definition) is 0. The lowest BCUT2D eigenvalue weighted by Crippen LogP contribution is -2.37. The Morgan fingerprint density at radius 2 is 0.542 bits per heavy atom. The summed E-state index contributed by atoms with van der Waals surface area (Å²) in [6.07, 6.45) is 21.2. The summed E-state index contributed by atoms with van der Waals surface area (Å²) in [5, 5.41) is 0. The Hall–Kier alpha value is -4.56. The molecule has 0 amide bonds. The molecule has 4 aliphatic carbocycles. The van der Waals surface area contributed by atoms with Crippen molar-refractivity contribution in [3.63, 3.8) is 0 Å². The van der Waals surface area contributed by atoms with Gasteiger partial charge in [-0.3, -0.25) is 0 Å². The third-order valence-electron chi connectivity index (χ3n) is 19.0. The first kappa shape index (κ1) is 87.5. The van der Waals surface area contributed by atoms with E-state index in [1.165, 1.54) is 146 Å². The highest BCUT2D eigenvalue weighted by molar-refractivity contribution is 5.26. The van der Waals surface area contributed by atoms with Gasteiger partial charge in [0, 0.05) is 32.0 Å². The molecule has 8 aliphatic rings. The molecule has 4 saturated carbocycles. The molecule has 6 nitrogen and oxygen atoms in total. The van der Waals surface area contributed by atoms with Crippen molar-refractivity contribution in [1.82, 2.24) is 0 Å². The standard InChI is InChI=1S/C10H18.2C8H8F2.2C8H9F.C8H16.C8H10.2C7H14O.2C6H12O2.H2/c1-9-3-6-10(2,7-4-9)8-5-9;1-5-3-7(9)6(2)8(10)4-5;1-5-3-4-6(2)8(10)7(5)9;2*1-6-3-4-7(2)8(9)5-6;2*1-7-3-5-8(2)6-4-7;2*1-6-3-4-7(2)8-5-6;2*1-5-3-7-6(2)8-4-5;/h3-8H2,1-2H3;2*3-4H,1-2H3;2*3-5H,1-2H3;7-8H,3-6H2,1-2H3;3-6H,1-2H3;2*6-7H,3-5H2,1-2H3;2*5-6H,3-4H2,1-2H3;1H. The Bertz CT molecular complexity index is 2550. The predicted molar refractivity (Wildman–Crippen MR) is 391 cm³/mol. The van der Waals surface area contributed by atoms with E-state index in [9.17, 15) is 26.3 Å². The van der Waals surface area contributed by atoms with Crippen molar-refractivity contribution in [3.05, 3.63) is 175 Å². The van der Waals surface area contributed by atoms with E-state index in [2.05, 4.69) is 107 Å². The van der Waals surface area contributed by atoms with Crippen molar-refractivity contribution >= 4 is 0 Å². The smallest absolute Gasteiger partial charge is 0.161 e. The molecule has 4 unspecified atom stereocenters. The van der Waals surface area contributed by atoms with E-state index in [1.807, 2.05) is 39.8 Å². The quantitative estimate of drug-likeness (QED) is 0.144. The molecule has 546 valence electrons. The van der Waals surface area contributed by atoms with Gasteiger partial charge in [0.25, 0.3) is 0 Å². The minimum Gasteiger partial charge on any atom is -0.378 e. The van der Waals surface area contributed by atoms with Gasteiger partial charge < -0.3 is 28.4 Å². The van der Waals surface area contributed by atoms with Crippen LogP contribution in [0.3, 0.4) is 0 Å². The Kier molecular flexibility index (Phi) is 41.9. The van der Waals surface area contributed by atoms with Crippen molar-refractivity contribution in [3.8, 4) is 0 Å². The summed E-state index contributed by atoms with van der Waals surface area (Å²) >= 11 is 0. The molecule has 0 aromatic heterocycles. The number of ether oxygens (including phenoxy) is 6. The molecular weight excluding hydrogens is 1220 g/mol. The molecule has 5 aromatic rings. The molecule has 2 bridgehead atoms. The average molecular weight is 1350 g/mol. The molecule has 8 fully saturated rings. The van der Waals surface area contributed by atoms with E-state index in [0.29, 0.717) is 51.9 Å². The van der Waals surface area contributed by atoms with Crippen molar-refractivity contribution in [2.75, 3.05) is 39.6 Å². The van der Waals surface area contributed by atoms with Gasteiger partial charge in [0.05, 0.1) is 38.6 Å². The van der Waals surface area contributed by atoms with Crippen LogP contribution in [-0.2, 0) is 28.4 Å². The lowest BCUT2D eigenvalue weighted by Gasteiger charge is -2.50. The fraction of sp³-hybridized carbons (Fsp3) is 0.643. The summed E-state index contributed by atoms with van der Waals surface area (Å²) in [7, 11) is 0. The van der Waals surface area contributed by atoms with Gasteiger partial charge in [0.15, 0.2) is 24.2 Å². The second-order valence-corrected chi connectivity index (χ2v) is 30.2. The van der Waals surface area contributed by atoms with E-state index >= 15 is 0 Å². The predicted octanol–water partition coefficient (Wildman–Crippen LogP) is 24.5. The van der Waals surface area contributed by atoms with Crippen molar-refractivity contribution < 1.29 is 56.2 Å². The Morgan fingerprint density at radius 1 is 0.292 bits per heavy atom. The zero-order valence-corrected chi connectivity index (χ0v) is 63.7. The zero-order chi connectivity index (χ0) is 72.3. The number of rotatable bonds is 0. The van der Waals surface area contributed by atoms with Gasteiger partial charge in [0.2, 0.25) is 0 Å². The molecule has 96 heavy (non-hydrogen) atoms. The minimum atomic E-state index is -0.736. The van der Waals surface area contributed by atoms with Crippen LogP contribution in [0, 0.1) is 150 Å². The van der Waals surface area contributed by atoms with Gasteiger partial charge in [-0.1, -0.05) is 153 Å². The molecule has 5 aromatic carbocycles. The normalized spacial score (nSPS) is 26.8. The summed E-state index contributed by atoms with van der Waals surface area (Å²) < 4.78 is 107. The number of fused-ring (bicyclic) bond motifs is 3. The van der Waals surface area contributed by atoms with E-state index in [-0.39, 0.29) is 31.2 Å². The third-order valence-corrected chi connectivity index (χ3v) is 19.0. The molecule has 0 radical (unpaired) electrons. The first-order valence-corrected chi connectivity index (χ1v) is 36.0. The Morgan fingerprint density at radius 3 is 0.781 bits per heavy atom. The zero-order valence-electron chi connectivity index (χ0n) is 63.7. The van der Waals surface area contributed by atoms with Crippen LogP contribution in [0.15, 0.2) is 84.9 Å². The van der Waals surface area contributed by atoms with E-state index in [1.54, 1.807) is 45.0 Å². The van der Waals surface area contributed by atoms with Crippen LogP contribution < -0.4 is 0 Å². The SMILES string of the molecule is CC12CCC(C)(CC1)CC2.CC1CCC(C)CC1.CC1CCC(C)OC1.CC1CCC(C)OC1.CC1COC(C)OC1.CC1COC(C)OC1.Cc1cc(F)c(C)c(F)c1.Cc1ccc(C)c(F)c1.Cc1ccc(C)c(F)c1.Cc1ccc(C)c(F)c1F.Cc1ccc(C)cc1.[HH]. The first-order valence-electron chi connectivity index (χ1n) is 36.0. The van der Waals surface area contributed by atoms with Crippen LogP contribution in [0.25, 0.3) is 0 Å². The van der Waals surface area contributed by atoms with E-state index < -0.39 is 23.3 Å². The van der Waals surface area contributed by atoms with Crippen molar-refractivity contribution in [2.24, 2.45) is 46.3 Å². The van der Waals surface area contributed by atoms with E-state index in [0.717, 1.165) is 85.3 Å². The fourth-order valence-corrected chi connectivity index (χ4v) is 11.0. The van der Waals surface area contributed by atoms with E-state index in [4.69, 9.17) is 28.4 Å². The highest BCUT2D eigenvalue weighted by Gasteiger charge is 2.43. The van der Waals surface area contributed by atoms with Gasteiger partial charge in [-0.2, -0.15) is 0 Å². The molecule has 4 atom stereocenters. The van der Waals surface area contributed by atoms with Gasteiger partial charge in [0.1, 0.15) is 23.3 Å². The molecule has 4 saturated heterocycles. The molecule has 0 spiro atoms. The Labute approximate surface area is 582 Å². The summed E-state index contributed by atoms with van der Waals surface area (Å²) in [6.45, 7) is 49.5. The fourth-order valence-electron chi connectivity index (χ4n) is 11.0. The lowest BCUT2D eigenvalue weighted by atomic mass is 9.55. The third kappa shape index (κ3) is 38.1. The minimum absolute atomic E-state index is 0. The summed E-state index contributed by atoms with van der Waals surface area (Å²) in [4.78, 5) is 0. The summed E-state index contributed by atoms with van der Waals surface area (Å²) in [5.41, 5.74) is 8.94. The van der Waals surface area contributed by atoms with Gasteiger partial charge in [-0.05, 0) is 259 Å². The van der Waals surface area contributed by atoms with Crippen molar-refractivity contribution in [2.45, 2.75) is 267 Å². The molecule has 13 rings (SSSR count). The van der Waals surface area contributed by atoms with Crippen LogP contribution >= 0.6 is 0 Å². The maximum atomic E-state index is 12.6. The second-order valence-electron chi connectivity index (χ2n) is 30.2. The second kappa shape index (κ2) is 46.0. The van der Waals surface area contributed by atoms with Gasteiger partial charge in [-0.25, -0.2) is 26.3 Å². The Balaban J connectivity index is 0.000000534. The van der Waals surface area contributed by atoms with Crippen molar-refractivity contribution in [1.29, 1.82) is 0 Å². The maximum absolute atomic E-state index is 12.6. The van der Waals surface area contributed by atoms with Crippen LogP contribution in [0.4, 0.5) is 26.3 Å². The first-order chi connectivity index (χ1) is 45.0. The average Bonchev–Trinajstić information content (AvgIpc) is 0.788. The van der Waals surface area contributed by atoms with Crippen LogP contribution in [0.5, 0.6) is 0 Å². The molecule has 12 heteroatoms. The summed E-state index contributed by atoms with van der Waals surface area (Å²) in [5.74, 6) is 2.13.